The molecule has 0 aliphatic rings. The number of primary amides is 1. The van der Waals surface area contributed by atoms with Crippen LogP contribution < -0.4 is 44.6 Å². The minimum atomic E-state index is -1.51. The zero-order valence-electron chi connectivity index (χ0n) is 22.8. The smallest absolute Gasteiger partial charge is 0.326 e. The first kappa shape index (κ1) is 34.6. The molecule has 16 heteroatoms. The molecule has 4 atom stereocenters. The third-order valence-electron chi connectivity index (χ3n) is 5.91. The van der Waals surface area contributed by atoms with Crippen LogP contribution in [0.15, 0.2) is 29.3 Å². The number of hydrogen-bond donors (Lipinski definition) is 10. The van der Waals surface area contributed by atoms with E-state index in [1.54, 1.807) is 12.1 Å². The summed E-state index contributed by atoms with van der Waals surface area (Å²) >= 11 is 0. The van der Waals surface area contributed by atoms with Crippen molar-refractivity contribution >= 4 is 35.6 Å². The summed E-state index contributed by atoms with van der Waals surface area (Å²) in [5, 5.41) is 26.2. The normalized spacial score (nSPS) is 13.6. The summed E-state index contributed by atoms with van der Waals surface area (Å²) in [4.78, 5) is 65.9. The number of nitrogens with two attached hydrogens (primary N) is 5. The summed E-state index contributed by atoms with van der Waals surface area (Å²) in [6, 6.07) is 1.05. The minimum absolute atomic E-state index is 0.0359. The molecule has 0 bridgehead atoms. The maximum atomic E-state index is 13.2. The van der Waals surface area contributed by atoms with E-state index in [0.29, 0.717) is 24.9 Å². The van der Waals surface area contributed by atoms with E-state index in [2.05, 4.69) is 20.9 Å². The lowest BCUT2D eigenvalue weighted by Gasteiger charge is -2.25. The van der Waals surface area contributed by atoms with Gasteiger partial charge in [0, 0.05) is 6.54 Å². The SMILES string of the molecule is NCCCCC(NC(=O)C(N)Cc1ccc(O)cc1)C(=O)NC(CC(N)=O)C(=O)NC(CCCN=C(N)N)C(=O)O. The number of phenols is 1. The lowest BCUT2D eigenvalue weighted by atomic mass is 10.0. The van der Waals surface area contributed by atoms with E-state index in [4.69, 9.17) is 28.7 Å². The molecule has 0 saturated heterocycles. The second-order valence-corrected chi connectivity index (χ2v) is 9.40. The molecule has 4 unspecified atom stereocenters. The summed E-state index contributed by atoms with van der Waals surface area (Å²) in [5.74, 6) is -4.78. The molecule has 228 valence electrons. The number of carbonyl (C=O) groups is 5. The number of unbranched alkanes of at least 4 members (excludes halogenated alkanes) is 1. The van der Waals surface area contributed by atoms with Crippen LogP contribution in [0.3, 0.4) is 0 Å². The Balaban J connectivity index is 2.96. The molecule has 0 aliphatic carbocycles. The maximum absolute atomic E-state index is 13.2. The number of carboxylic acids is 1. The van der Waals surface area contributed by atoms with Crippen LogP contribution in [-0.4, -0.2) is 83.0 Å². The quantitative estimate of drug-likeness (QED) is 0.0443. The van der Waals surface area contributed by atoms with Gasteiger partial charge in [0.1, 0.15) is 23.9 Å². The van der Waals surface area contributed by atoms with Crippen molar-refractivity contribution in [2.24, 2.45) is 33.7 Å². The first-order valence-corrected chi connectivity index (χ1v) is 13.0. The van der Waals surface area contributed by atoms with Gasteiger partial charge in [-0.2, -0.15) is 0 Å². The van der Waals surface area contributed by atoms with Gasteiger partial charge in [0.05, 0.1) is 12.5 Å². The summed E-state index contributed by atoms with van der Waals surface area (Å²) in [6.07, 6.45) is 0.829. The molecule has 1 rings (SSSR count). The van der Waals surface area contributed by atoms with E-state index in [0.717, 1.165) is 0 Å². The van der Waals surface area contributed by atoms with Crippen LogP contribution in [0.2, 0.25) is 0 Å². The molecule has 0 radical (unpaired) electrons. The Morgan fingerprint density at radius 1 is 0.805 bits per heavy atom. The molecule has 1 aromatic rings. The predicted octanol–water partition coefficient (Wildman–Crippen LogP) is -3.14. The van der Waals surface area contributed by atoms with Crippen LogP contribution in [0.25, 0.3) is 0 Å². The van der Waals surface area contributed by atoms with Gasteiger partial charge in [-0.15, -0.1) is 0 Å². The van der Waals surface area contributed by atoms with Gasteiger partial charge >= 0.3 is 5.97 Å². The number of carboxylic acid groups (broad SMARTS) is 1. The summed E-state index contributed by atoms with van der Waals surface area (Å²) in [5.41, 5.74) is 28.0. The number of carbonyl (C=O) groups excluding carboxylic acids is 4. The average molecular weight is 580 g/mol. The molecule has 16 nitrogen and oxygen atoms in total. The van der Waals surface area contributed by atoms with Crippen molar-refractivity contribution in [2.75, 3.05) is 13.1 Å². The van der Waals surface area contributed by atoms with E-state index in [1.165, 1.54) is 12.1 Å². The molecule has 4 amide bonds. The van der Waals surface area contributed by atoms with Gasteiger partial charge in [-0.3, -0.25) is 24.2 Å². The van der Waals surface area contributed by atoms with E-state index >= 15 is 0 Å². The zero-order chi connectivity index (χ0) is 30.9. The van der Waals surface area contributed by atoms with E-state index in [1.807, 2.05) is 0 Å². The van der Waals surface area contributed by atoms with Crippen LogP contribution in [0.1, 0.15) is 44.1 Å². The number of phenolic OH excluding ortho intramolecular Hbond substituents is 1. The Bertz CT molecular complexity index is 1060. The zero-order valence-corrected chi connectivity index (χ0v) is 22.8. The van der Waals surface area contributed by atoms with Crippen molar-refractivity contribution in [3.63, 3.8) is 0 Å². The minimum Gasteiger partial charge on any atom is -0.508 e. The fraction of sp³-hybridized carbons (Fsp3) is 0.520. The summed E-state index contributed by atoms with van der Waals surface area (Å²) < 4.78 is 0. The van der Waals surface area contributed by atoms with Crippen LogP contribution >= 0.6 is 0 Å². The highest BCUT2D eigenvalue weighted by Crippen LogP contribution is 2.11. The molecule has 0 spiro atoms. The predicted molar refractivity (Wildman–Crippen MR) is 150 cm³/mol. The van der Waals surface area contributed by atoms with Crippen molar-refractivity contribution < 1.29 is 34.2 Å². The number of nitrogens with zero attached hydrogens (tertiary/aromatic N) is 1. The van der Waals surface area contributed by atoms with Gasteiger partial charge in [0.2, 0.25) is 23.6 Å². The second-order valence-electron chi connectivity index (χ2n) is 9.40. The third-order valence-corrected chi connectivity index (χ3v) is 5.91. The van der Waals surface area contributed by atoms with Crippen molar-refractivity contribution in [3.05, 3.63) is 29.8 Å². The highest BCUT2D eigenvalue weighted by Gasteiger charge is 2.31. The van der Waals surface area contributed by atoms with Crippen molar-refractivity contribution in [1.82, 2.24) is 16.0 Å². The largest absolute Gasteiger partial charge is 0.508 e. The molecule has 1 aromatic carbocycles. The Labute approximate surface area is 237 Å². The fourth-order valence-electron chi connectivity index (χ4n) is 3.74. The Hall–Kier alpha value is -4.44. The number of hydrogen-bond acceptors (Lipinski definition) is 9. The summed E-state index contributed by atoms with van der Waals surface area (Å²) in [7, 11) is 0. The number of nitrogens with one attached hydrogen (secondary N) is 3. The monoisotopic (exact) mass is 579 g/mol. The molecule has 0 aliphatic heterocycles. The number of benzene rings is 1. The lowest BCUT2D eigenvalue weighted by molar-refractivity contribution is -0.142. The Morgan fingerprint density at radius 2 is 1.37 bits per heavy atom. The number of aromatic hydroxyl groups is 1. The standard InChI is InChI=1S/C25H41N9O7/c26-10-2-1-4-17(32-21(37)16(27)12-14-6-8-15(35)9-7-14)22(38)34-19(13-20(28)36)23(39)33-18(24(40)41)5-3-11-31-25(29)30/h6-9,16-19,35H,1-5,10-13,26-27H2,(H2,28,36)(H,32,37)(H,33,39)(H,34,38)(H,40,41)(H4,29,30,31). The number of amides is 4. The number of aliphatic carboxylic acids is 1. The van der Waals surface area contributed by atoms with Crippen LogP contribution in [0.4, 0.5) is 0 Å². The van der Waals surface area contributed by atoms with E-state index in [9.17, 15) is 34.2 Å². The van der Waals surface area contributed by atoms with Gasteiger partial charge in [-0.05, 0) is 62.8 Å². The van der Waals surface area contributed by atoms with Gasteiger partial charge in [-0.25, -0.2) is 4.79 Å². The molecule has 41 heavy (non-hydrogen) atoms. The van der Waals surface area contributed by atoms with Crippen LogP contribution in [0, 0.1) is 0 Å². The molecular formula is C25H41N9O7. The molecular weight excluding hydrogens is 538 g/mol. The van der Waals surface area contributed by atoms with Crippen LogP contribution in [0.5, 0.6) is 5.75 Å². The van der Waals surface area contributed by atoms with Crippen molar-refractivity contribution in [1.29, 1.82) is 0 Å². The maximum Gasteiger partial charge on any atom is 0.326 e. The number of rotatable bonds is 19. The number of aliphatic imine (C=N–C) groups is 1. The lowest BCUT2D eigenvalue weighted by Crippen LogP contribution is -2.57. The molecule has 15 N–H and O–H groups in total. The second kappa shape index (κ2) is 18.0. The first-order chi connectivity index (χ1) is 19.3. The first-order valence-electron chi connectivity index (χ1n) is 13.0. The van der Waals surface area contributed by atoms with Gasteiger partial charge < -0.3 is 54.8 Å². The topological polar surface area (TPSA) is 304 Å². The Kier molecular flexibility index (Phi) is 15.2. The van der Waals surface area contributed by atoms with E-state index < -0.39 is 60.2 Å². The third kappa shape index (κ3) is 14.0. The van der Waals surface area contributed by atoms with Crippen LogP contribution in [-0.2, 0) is 30.4 Å². The molecule has 0 fully saturated rings. The summed E-state index contributed by atoms with van der Waals surface area (Å²) in [6.45, 7) is 0.470. The van der Waals surface area contributed by atoms with Crippen molar-refractivity contribution in [3.8, 4) is 5.75 Å². The molecule has 0 saturated carbocycles. The van der Waals surface area contributed by atoms with Gasteiger partial charge in [-0.1, -0.05) is 12.1 Å². The van der Waals surface area contributed by atoms with Gasteiger partial charge in [0.15, 0.2) is 5.96 Å². The molecule has 0 heterocycles. The van der Waals surface area contributed by atoms with E-state index in [-0.39, 0.29) is 43.9 Å². The molecule has 0 aromatic heterocycles. The fourth-order valence-corrected chi connectivity index (χ4v) is 3.74. The Morgan fingerprint density at radius 3 is 1.93 bits per heavy atom. The highest BCUT2D eigenvalue weighted by atomic mass is 16.4. The van der Waals surface area contributed by atoms with Crippen molar-refractivity contribution in [2.45, 2.75) is 69.1 Å². The highest BCUT2D eigenvalue weighted by molar-refractivity contribution is 5.96. The average Bonchev–Trinajstić information content (AvgIpc) is 2.89. The van der Waals surface area contributed by atoms with Gasteiger partial charge in [0.25, 0.3) is 0 Å². The number of guanidine groups is 1.